The summed E-state index contributed by atoms with van der Waals surface area (Å²) >= 11 is 0. The van der Waals surface area contributed by atoms with E-state index in [1.165, 1.54) is 7.11 Å². The maximum Gasteiger partial charge on any atom is 0.323 e. The fourth-order valence-corrected chi connectivity index (χ4v) is 2.06. The van der Waals surface area contributed by atoms with Gasteiger partial charge < -0.3 is 14.5 Å². The second-order valence-electron chi connectivity index (χ2n) is 4.87. The summed E-state index contributed by atoms with van der Waals surface area (Å²) in [6.45, 7) is 11.6. The Bertz CT molecular complexity index is 238. The van der Waals surface area contributed by atoms with E-state index in [9.17, 15) is 4.79 Å². The molecule has 0 aromatic rings. The smallest absolute Gasteiger partial charge is 0.323 e. The van der Waals surface area contributed by atoms with E-state index in [2.05, 4.69) is 31.5 Å². The van der Waals surface area contributed by atoms with Crippen LogP contribution < -0.4 is 5.32 Å². The molecule has 0 amide bonds. The molecule has 0 bridgehead atoms. The minimum Gasteiger partial charge on any atom is -0.468 e. The third kappa shape index (κ3) is 9.09. The van der Waals surface area contributed by atoms with Crippen molar-refractivity contribution in [2.24, 2.45) is 0 Å². The summed E-state index contributed by atoms with van der Waals surface area (Å²) in [7, 11) is -0.0166. The zero-order valence-electron chi connectivity index (χ0n) is 11.4. The Morgan fingerprint density at radius 1 is 1.47 bits per heavy atom. The third-order valence-corrected chi connectivity index (χ3v) is 3.21. The molecule has 17 heavy (non-hydrogen) atoms. The van der Waals surface area contributed by atoms with Gasteiger partial charge in [-0.25, -0.2) is 0 Å². The van der Waals surface area contributed by atoms with Crippen LogP contribution in [0.5, 0.6) is 0 Å². The van der Waals surface area contributed by atoms with E-state index in [-0.39, 0.29) is 12.0 Å². The van der Waals surface area contributed by atoms with Crippen LogP contribution in [0.25, 0.3) is 0 Å². The van der Waals surface area contributed by atoms with Gasteiger partial charge in [0.25, 0.3) is 0 Å². The number of nitrogens with one attached hydrogen (secondary N) is 1. The van der Waals surface area contributed by atoms with Crippen molar-refractivity contribution >= 4 is 14.3 Å². The SMILES string of the molecule is C=CCC(NCCCO[Si](C)(C)C)C(=O)OC. The third-order valence-electron chi connectivity index (χ3n) is 2.13. The van der Waals surface area contributed by atoms with Gasteiger partial charge in [0.2, 0.25) is 0 Å². The molecule has 0 aliphatic rings. The molecule has 1 atom stereocenters. The lowest BCUT2D eigenvalue weighted by molar-refractivity contribution is -0.143. The zero-order chi connectivity index (χ0) is 13.3. The zero-order valence-corrected chi connectivity index (χ0v) is 12.4. The predicted molar refractivity (Wildman–Crippen MR) is 72.5 cm³/mol. The summed E-state index contributed by atoms with van der Waals surface area (Å²) in [6, 6.07) is -0.288. The first-order valence-corrected chi connectivity index (χ1v) is 9.37. The van der Waals surface area contributed by atoms with Crippen molar-refractivity contribution in [3.63, 3.8) is 0 Å². The molecule has 0 fully saturated rings. The number of carbonyl (C=O) groups excluding carboxylic acids is 1. The van der Waals surface area contributed by atoms with E-state index in [0.29, 0.717) is 6.42 Å². The average molecular weight is 259 g/mol. The van der Waals surface area contributed by atoms with Crippen LogP contribution in [-0.4, -0.2) is 40.6 Å². The van der Waals surface area contributed by atoms with Gasteiger partial charge in [0, 0.05) is 6.61 Å². The van der Waals surface area contributed by atoms with Gasteiger partial charge in [-0.05, 0) is 39.0 Å². The van der Waals surface area contributed by atoms with E-state index in [1.807, 2.05) is 0 Å². The first kappa shape index (κ1) is 16.3. The van der Waals surface area contributed by atoms with E-state index in [1.54, 1.807) is 6.08 Å². The van der Waals surface area contributed by atoms with Crippen LogP contribution in [0.4, 0.5) is 0 Å². The Balaban J connectivity index is 3.75. The van der Waals surface area contributed by atoms with Crippen molar-refractivity contribution in [3.8, 4) is 0 Å². The number of rotatable bonds is 9. The van der Waals surface area contributed by atoms with Crippen molar-refractivity contribution in [3.05, 3.63) is 12.7 Å². The summed E-state index contributed by atoms with van der Waals surface area (Å²) in [5.41, 5.74) is 0. The number of carbonyl (C=O) groups is 1. The van der Waals surface area contributed by atoms with Crippen molar-refractivity contribution in [2.45, 2.75) is 38.5 Å². The van der Waals surface area contributed by atoms with Crippen LogP contribution in [0.2, 0.25) is 19.6 Å². The van der Waals surface area contributed by atoms with Gasteiger partial charge >= 0.3 is 5.97 Å². The van der Waals surface area contributed by atoms with Crippen LogP contribution in [-0.2, 0) is 14.0 Å². The molecular formula is C12H25NO3Si. The highest BCUT2D eigenvalue weighted by atomic mass is 28.4. The van der Waals surface area contributed by atoms with E-state index < -0.39 is 8.32 Å². The highest BCUT2D eigenvalue weighted by Crippen LogP contribution is 2.03. The monoisotopic (exact) mass is 259 g/mol. The van der Waals surface area contributed by atoms with Crippen LogP contribution in [0.15, 0.2) is 12.7 Å². The summed E-state index contributed by atoms with van der Waals surface area (Å²) in [5, 5.41) is 3.15. The molecule has 0 heterocycles. The molecule has 1 N–H and O–H groups in total. The van der Waals surface area contributed by atoms with Crippen molar-refractivity contribution in [1.29, 1.82) is 0 Å². The normalized spacial score (nSPS) is 13.2. The van der Waals surface area contributed by atoms with E-state index in [0.717, 1.165) is 19.6 Å². The van der Waals surface area contributed by atoms with Gasteiger partial charge in [-0.3, -0.25) is 4.79 Å². The molecule has 0 radical (unpaired) electrons. The predicted octanol–water partition coefficient (Wildman–Crippen LogP) is 1.94. The Kier molecular flexibility index (Phi) is 8.12. The highest BCUT2D eigenvalue weighted by molar-refractivity contribution is 6.69. The lowest BCUT2D eigenvalue weighted by atomic mass is 10.2. The van der Waals surface area contributed by atoms with Gasteiger partial charge in [0.1, 0.15) is 6.04 Å². The van der Waals surface area contributed by atoms with Gasteiger partial charge in [0.15, 0.2) is 8.32 Å². The molecule has 0 rings (SSSR count). The lowest BCUT2D eigenvalue weighted by Crippen LogP contribution is -2.38. The second-order valence-corrected chi connectivity index (χ2v) is 9.38. The Hall–Kier alpha value is -0.653. The molecule has 0 aliphatic carbocycles. The summed E-state index contributed by atoms with van der Waals surface area (Å²) in [4.78, 5) is 11.4. The highest BCUT2D eigenvalue weighted by Gasteiger charge is 2.17. The summed E-state index contributed by atoms with van der Waals surface area (Å²) in [5.74, 6) is -0.240. The van der Waals surface area contributed by atoms with Crippen molar-refractivity contribution < 1.29 is 14.0 Å². The van der Waals surface area contributed by atoms with Crippen LogP contribution >= 0.6 is 0 Å². The minimum atomic E-state index is -1.41. The largest absolute Gasteiger partial charge is 0.468 e. The Labute approximate surface area is 106 Å². The maximum absolute atomic E-state index is 11.4. The van der Waals surface area contributed by atoms with Gasteiger partial charge in [0.05, 0.1) is 7.11 Å². The van der Waals surface area contributed by atoms with Gasteiger partial charge in [-0.15, -0.1) is 6.58 Å². The fourth-order valence-electron chi connectivity index (χ4n) is 1.30. The van der Waals surface area contributed by atoms with Crippen molar-refractivity contribution in [2.75, 3.05) is 20.3 Å². The molecule has 0 spiro atoms. The molecule has 0 aliphatic heterocycles. The topological polar surface area (TPSA) is 47.6 Å². The van der Waals surface area contributed by atoms with Gasteiger partial charge in [-0.2, -0.15) is 0 Å². The first-order valence-electron chi connectivity index (χ1n) is 5.96. The molecule has 0 saturated heterocycles. The number of esters is 1. The molecule has 5 heteroatoms. The van der Waals surface area contributed by atoms with Crippen molar-refractivity contribution in [1.82, 2.24) is 5.32 Å². The molecule has 0 aromatic carbocycles. The average Bonchev–Trinajstić information content (AvgIpc) is 2.24. The number of methoxy groups -OCH3 is 1. The van der Waals surface area contributed by atoms with Crippen LogP contribution in [0, 0.1) is 0 Å². The summed E-state index contributed by atoms with van der Waals surface area (Å²) < 4.78 is 10.4. The molecule has 1 unspecified atom stereocenters. The van der Waals surface area contributed by atoms with E-state index >= 15 is 0 Å². The molecule has 4 nitrogen and oxygen atoms in total. The molecule has 0 saturated carbocycles. The molecular weight excluding hydrogens is 234 g/mol. The van der Waals surface area contributed by atoms with E-state index in [4.69, 9.17) is 9.16 Å². The summed E-state index contributed by atoms with van der Waals surface area (Å²) in [6.07, 6.45) is 3.20. The first-order chi connectivity index (χ1) is 7.90. The number of hydrogen-bond acceptors (Lipinski definition) is 4. The van der Waals surface area contributed by atoms with Gasteiger partial charge in [-0.1, -0.05) is 6.08 Å². The molecule has 0 aromatic heterocycles. The number of ether oxygens (including phenoxy) is 1. The lowest BCUT2D eigenvalue weighted by Gasteiger charge is -2.18. The molecule has 100 valence electrons. The standard InChI is InChI=1S/C12H25NO3Si/c1-6-8-11(12(14)15-2)13-9-7-10-16-17(3,4)5/h6,11,13H,1,7-10H2,2-5H3. The quantitative estimate of drug-likeness (QED) is 0.297. The Morgan fingerprint density at radius 3 is 2.59 bits per heavy atom. The number of hydrogen-bond donors (Lipinski definition) is 1. The minimum absolute atomic E-state index is 0.240. The Morgan fingerprint density at radius 2 is 2.12 bits per heavy atom. The van der Waals surface area contributed by atoms with Crippen LogP contribution in [0.1, 0.15) is 12.8 Å². The van der Waals surface area contributed by atoms with Crippen LogP contribution in [0.3, 0.4) is 0 Å². The fraction of sp³-hybridized carbons (Fsp3) is 0.750. The maximum atomic E-state index is 11.4. The second kappa shape index (κ2) is 8.44.